The molecule has 0 aliphatic carbocycles. The van der Waals surface area contributed by atoms with Crippen LogP contribution in [0.5, 0.6) is 0 Å². The fraction of sp³-hybridized carbons (Fsp3) is 0.375. The summed E-state index contributed by atoms with van der Waals surface area (Å²) in [4.78, 5) is 34.6. The molecule has 0 saturated heterocycles. The number of hydrogen-bond acceptors (Lipinski definition) is 5. The van der Waals surface area contributed by atoms with E-state index in [0.717, 1.165) is 0 Å². The van der Waals surface area contributed by atoms with E-state index in [1.54, 1.807) is 38.1 Å². The molecule has 2 aromatic rings. The van der Waals surface area contributed by atoms with Crippen LogP contribution in [-0.4, -0.2) is 34.5 Å². The molecule has 2 rings (SSSR count). The van der Waals surface area contributed by atoms with Gasteiger partial charge in [-0.15, -0.1) is 0 Å². The van der Waals surface area contributed by atoms with Gasteiger partial charge in [-0.1, -0.05) is 26.0 Å². The fourth-order valence-electron chi connectivity index (χ4n) is 2.50. The Kier molecular flexibility index (Phi) is 5.18. The number of amides is 1. The standard InChI is InChI=1S/C16H19N3O5/c1-10(2)15(16(21)24-3)17-14(20)9-18-8-13(19(22)23)11-6-4-5-7-12(11)18/h4-8,10,15H,9H2,1-3H3,(H,17,20)/t15-/m0/s1. The number of methoxy groups -OCH3 is 1. The van der Waals surface area contributed by atoms with E-state index in [2.05, 4.69) is 10.1 Å². The summed E-state index contributed by atoms with van der Waals surface area (Å²) in [6.07, 6.45) is 1.33. The second kappa shape index (κ2) is 7.12. The van der Waals surface area contributed by atoms with Gasteiger partial charge in [0.05, 0.1) is 29.1 Å². The highest BCUT2D eigenvalue weighted by Gasteiger charge is 2.25. The average Bonchev–Trinajstić information content (AvgIpc) is 2.90. The Balaban J connectivity index is 2.25. The first-order chi connectivity index (χ1) is 11.3. The van der Waals surface area contributed by atoms with Gasteiger partial charge in [0.25, 0.3) is 5.69 Å². The number of hydrogen-bond donors (Lipinski definition) is 1. The summed E-state index contributed by atoms with van der Waals surface area (Å²) in [5, 5.41) is 14.2. The van der Waals surface area contributed by atoms with E-state index in [1.165, 1.54) is 17.9 Å². The number of esters is 1. The van der Waals surface area contributed by atoms with E-state index < -0.39 is 22.8 Å². The van der Waals surface area contributed by atoms with Gasteiger partial charge in [-0.05, 0) is 18.1 Å². The zero-order valence-electron chi connectivity index (χ0n) is 13.7. The van der Waals surface area contributed by atoms with Crippen LogP contribution in [0.15, 0.2) is 30.5 Å². The normalized spacial score (nSPS) is 12.2. The van der Waals surface area contributed by atoms with Crippen molar-refractivity contribution in [3.05, 3.63) is 40.6 Å². The molecule has 128 valence electrons. The molecule has 1 heterocycles. The minimum atomic E-state index is -0.765. The van der Waals surface area contributed by atoms with Gasteiger partial charge in [-0.2, -0.15) is 0 Å². The third kappa shape index (κ3) is 3.53. The number of nitrogens with zero attached hydrogens (tertiary/aromatic N) is 2. The first-order valence-corrected chi connectivity index (χ1v) is 7.44. The van der Waals surface area contributed by atoms with E-state index in [-0.39, 0.29) is 18.2 Å². The quantitative estimate of drug-likeness (QED) is 0.494. The lowest BCUT2D eigenvalue weighted by atomic mass is 10.0. The van der Waals surface area contributed by atoms with Gasteiger partial charge >= 0.3 is 5.97 Å². The molecule has 1 amide bonds. The molecule has 24 heavy (non-hydrogen) atoms. The van der Waals surface area contributed by atoms with Crippen LogP contribution in [-0.2, 0) is 20.9 Å². The van der Waals surface area contributed by atoms with Crippen molar-refractivity contribution < 1.29 is 19.2 Å². The predicted octanol–water partition coefficient (Wildman–Crippen LogP) is 1.86. The average molecular weight is 333 g/mol. The minimum Gasteiger partial charge on any atom is -0.467 e. The molecule has 1 atom stereocenters. The summed E-state index contributed by atoms with van der Waals surface area (Å²) < 4.78 is 6.18. The number of carbonyl (C=O) groups excluding carboxylic acids is 2. The summed E-state index contributed by atoms with van der Waals surface area (Å²) in [5.41, 5.74) is 0.519. The SMILES string of the molecule is COC(=O)[C@@H](NC(=O)Cn1cc([N+](=O)[O-])c2ccccc21)C(C)C. The van der Waals surface area contributed by atoms with E-state index in [4.69, 9.17) is 0 Å². The van der Waals surface area contributed by atoms with E-state index in [0.29, 0.717) is 10.9 Å². The number of fused-ring (bicyclic) bond motifs is 1. The zero-order valence-corrected chi connectivity index (χ0v) is 13.7. The molecule has 8 heteroatoms. The van der Waals surface area contributed by atoms with Crippen molar-refractivity contribution in [1.82, 2.24) is 9.88 Å². The number of rotatable bonds is 6. The van der Waals surface area contributed by atoms with Crippen LogP contribution in [0.3, 0.4) is 0 Å². The molecule has 1 aromatic carbocycles. The molecule has 0 saturated carbocycles. The molecular formula is C16H19N3O5. The topological polar surface area (TPSA) is 103 Å². The lowest BCUT2D eigenvalue weighted by Gasteiger charge is -2.20. The van der Waals surface area contributed by atoms with Gasteiger partial charge < -0.3 is 14.6 Å². The van der Waals surface area contributed by atoms with Crippen molar-refractivity contribution in [1.29, 1.82) is 0 Å². The van der Waals surface area contributed by atoms with Crippen molar-refractivity contribution in [2.24, 2.45) is 5.92 Å². The van der Waals surface area contributed by atoms with E-state index in [1.807, 2.05) is 0 Å². The minimum absolute atomic E-state index is 0.0632. The van der Waals surface area contributed by atoms with Crippen molar-refractivity contribution in [2.75, 3.05) is 7.11 Å². The highest BCUT2D eigenvalue weighted by Crippen LogP contribution is 2.27. The largest absolute Gasteiger partial charge is 0.467 e. The van der Waals surface area contributed by atoms with Crippen LogP contribution in [0.4, 0.5) is 5.69 Å². The number of para-hydroxylation sites is 1. The summed E-state index contributed by atoms with van der Waals surface area (Å²) in [6, 6.07) is 6.01. The number of carbonyl (C=O) groups is 2. The van der Waals surface area contributed by atoms with E-state index in [9.17, 15) is 19.7 Å². The molecular weight excluding hydrogens is 314 g/mol. The van der Waals surface area contributed by atoms with Crippen LogP contribution in [0.2, 0.25) is 0 Å². The highest BCUT2D eigenvalue weighted by molar-refractivity contribution is 5.91. The van der Waals surface area contributed by atoms with Crippen molar-refractivity contribution >= 4 is 28.5 Å². The van der Waals surface area contributed by atoms with Gasteiger partial charge in [-0.25, -0.2) is 4.79 Å². The third-order valence-electron chi connectivity index (χ3n) is 3.72. The van der Waals surface area contributed by atoms with Gasteiger partial charge in [-0.3, -0.25) is 14.9 Å². The molecule has 0 spiro atoms. The Morgan fingerprint density at radius 3 is 2.58 bits per heavy atom. The molecule has 1 aromatic heterocycles. The molecule has 0 aliphatic heterocycles. The summed E-state index contributed by atoms with van der Waals surface area (Å²) >= 11 is 0. The number of benzene rings is 1. The molecule has 0 radical (unpaired) electrons. The third-order valence-corrected chi connectivity index (χ3v) is 3.72. The number of ether oxygens (including phenoxy) is 1. The molecule has 0 bridgehead atoms. The Bertz CT molecular complexity index is 781. The smallest absolute Gasteiger partial charge is 0.328 e. The Morgan fingerprint density at radius 1 is 1.33 bits per heavy atom. The highest BCUT2D eigenvalue weighted by atomic mass is 16.6. The molecule has 0 unspecified atom stereocenters. The maximum absolute atomic E-state index is 12.3. The fourth-order valence-corrected chi connectivity index (χ4v) is 2.50. The number of nitro groups is 1. The van der Waals surface area contributed by atoms with Gasteiger partial charge in [0, 0.05) is 0 Å². The van der Waals surface area contributed by atoms with Crippen LogP contribution in [0.25, 0.3) is 10.9 Å². The summed E-state index contributed by atoms with van der Waals surface area (Å²) in [7, 11) is 1.26. The Morgan fingerprint density at radius 2 is 2.00 bits per heavy atom. The van der Waals surface area contributed by atoms with Gasteiger partial charge in [0.15, 0.2) is 0 Å². The molecule has 8 nitrogen and oxygen atoms in total. The molecule has 0 aliphatic rings. The number of aromatic nitrogens is 1. The van der Waals surface area contributed by atoms with Crippen LogP contribution in [0.1, 0.15) is 13.8 Å². The maximum atomic E-state index is 12.3. The van der Waals surface area contributed by atoms with Crippen LogP contribution >= 0.6 is 0 Å². The van der Waals surface area contributed by atoms with Gasteiger partial charge in [0.1, 0.15) is 12.6 Å². The predicted molar refractivity (Wildman–Crippen MR) is 87.4 cm³/mol. The van der Waals surface area contributed by atoms with Crippen LogP contribution in [0, 0.1) is 16.0 Å². The summed E-state index contributed by atoms with van der Waals surface area (Å²) in [6.45, 7) is 3.45. The van der Waals surface area contributed by atoms with Crippen molar-refractivity contribution in [2.45, 2.75) is 26.4 Å². The second-order valence-corrected chi connectivity index (χ2v) is 5.73. The van der Waals surface area contributed by atoms with E-state index >= 15 is 0 Å². The lowest BCUT2D eigenvalue weighted by molar-refractivity contribution is -0.383. The van der Waals surface area contributed by atoms with Gasteiger partial charge in [0.2, 0.25) is 5.91 Å². The monoisotopic (exact) mass is 333 g/mol. The Labute approximate surface area is 138 Å². The number of nitrogens with one attached hydrogen (secondary N) is 1. The van der Waals surface area contributed by atoms with Crippen LogP contribution < -0.4 is 5.32 Å². The summed E-state index contributed by atoms with van der Waals surface area (Å²) in [5.74, 6) is -1.09. The first kappa shape index (κ1) is 17.5. The maximum Gasteiger partial charge on any atom is 0.328 e. The molecule has 1 N–H and O–H groups in total. The lowest BCUT2D eigenvalue weighted by Crippen LogP contribution is -2.46. The second-order valence-electron chi connectivity index (χ2n) is 5.73. The van der Waals surface area contributed by atoms with Crippen molar-refractivity contribution in [3.8, 4) is 0 Å². The first-order valence-electron chi connectivity index (χ1n) is 7.44. The van der Waals surface area contributed by atoms with Crippen molar-refractivity contribution in [3.63, 3.8) is 0 Å². The molecule has 0 fully saturated rings. The zero-order chi connectivity index (χ0) is 17.9. The Hall–Kier alpha value is -2.90.